The summed E-state index contributed by atoms with van der Waals surface area (Å²) in [5.74, 6) is -2.07. The lowest BCUT2D eigenvalue weighted by atomic mass is 9.84. The van der Waals surface area contributed by atoms with Gasteiger partial charge in [0.15, 0.2) is 0 Å². The molecular formula is C37H47N7O6S. The largest absolute Gasteiger partial charge is 0.384 e. The monoisotopic (exact) mass is 717 g/mol. The van der Waals surface area contributed by atoms with Crippen molar-refractivity contribution in [2.45, 2.75) is 101 Å². The van der Waals surface area contributed by atoms with Gasteiger partial charge in [-0.05, 0) is 73.4 Å². The molecule has 3 atom stereocenters. The SMILES string of the molecule is CC(C)(O)c1cnnn1[C@H]1C[C@@H](C(=O)NC2(C(=O)C(N)=O)CCSCC2)N(C(=O)[C@@H](CC2CCCCC2)NC(=O)c2ccc3ccccc3c2)C1. The molecule has 5 N–H and O–H groups in total. The number of amides is 4. The highest BCUT2D eigenvalue weighted by atomic mass is 32.2. The maximum Gasteiger partial charge on any atom is 0.287 e. The Hall–Kier alpha value is -4.30. The molecule has 2 saturated heterocycles. The highest BCUT2D eigenvalue weighted by molar-refractivity contribution is 7.99. The van der Waals surface area contributed by atoms with Gasteiger partial charge in [0.1, 0.15) is 23.2 Å². The topological polar surface area (TPSA) is 190 Å². The van der Waals surface area contributed by atoms with E-state index < -0.39 is 58.7 Å². The van der Waals surface area contributed by atoms with E-state index >= 15 is 0 Å². The Bertz CT molecular complexity index is 1790. The first-order chi connectivity index (χ1) is 24.4. The van der Waals surface area contributed by atoms with Gasteiger partial charge >= 0.3 is 0 Å². The number of likely N-dealkylation sites (tertiary alicyclic amines) is 1. The molecule has 3 fully saturated rings. The van der Waals surface area contributed by atoms with Crippen LogP contribution in [-0.2, 0) is 24.8 Å². The number of primary amides is 1. The number of fused-ring (bicyclic) bond motifs is 1. The van der Waals surface area contributed by atoms with Crippen LogP contribution in [0, 0.1) is 5.92 Å². The van der Waals surface area contributed by atoms with Gasteiger partial charge < -0.3 is 26.4 Å². The van der Waals surface area contributed by atoms with Crippen molar-refractivity contribution < 1.29 is 29.1 Å². The summed E-state index contributed by atoms with van der Waals surface area (Å²) in [4.78, 5) is 69.8. The van der Waals surface area contributed by atoms with Gasteiger partial charge in [-0.3, -0.25) is 24.0 Å². The molecule has 3 heterocycles. The number of nitrogens with two attached hydrogens (primary N) is 1. The fraction of sp³-hybridized carbons (Fsp3) is 0.541. The molecular weight excluding hydrogens is 671 g/mol. The fourth-order valence-corrected chi connectivity index (χ4v) is 9.06. The number of nitrogens with zero attached hydrogens (tertiary/aromatic N) is 4. The van der Waals surface area contributed by atoms with Crippen molar-refractivity contribution in [3.63, 3.8) is 0 Å². The number of ketones is 1. The fourth-order valence-electron chi connectivity index (χ4n) is 7.87. The van der Waals surface area contributed by atoms with Crippen LogP contribution in [0.2, 0.25) is 0 Å². The average molecular weight is 718 g/mol. The number of thioether (sulfide) groups is 1. The Morgan fingerprint density at radius 2 is 1.75 bits per heavy atom. The van der Waals surface area contributed by atoms with Gasteiger partial charge in [-0.15, -0.1) is 5.10 Å². The number of carbonyl (C=O) groups excluding carboxylic acids is 5. The lowest BCUT2D eigenvalue weighted by Gasteiger charge is -2.37. The van der Waals surface area contributed by atoms with E-state index in [0.717, 1.165) is 42.9 Å². The smallest absolute Gasteiger partial charge is 0.287 e. The van der Waals surface area contributed by atoms with Crippen LogP contribution >= 0.6 is 11.8 Å². The number of nitrogens with one attached hydrogen (secondary N) is 2. The molecule has 0 spiro atoms. The van der Waals surface area contributed by atoms with E-state index in [1.54, 1.807) is 42.4 Å². The predicted molar refractivity (Wildman–Crippen MR) is 192 cm³/mol. The molecule has 14 heteroatoms. The van der Waals surface area contributed by atoms with E-state index in [9.17, 15) is 29.1 Å². The maximum absolute atomic E-state index is 14.8. The lowest BCUT2D eigenvalue weighted by molar-refractivity contribution is -0.145. The number of carbonyl (C=O) groups is 5. The average Bonchev–Trinajstić information content (AvgIpc) is 3.80. The molecule has 13 nitrogen and oxygen atoms in total. The summed E-state index contributed by atoms with van der Waals surface area (Å²) in [6.07, 6.45) is 7.51. The molecule has 272 valence electrons. The number of aliphatic hydroxyl groups is 1. The molecule has 1 saturated carbocycles. The molecule has 0 bridgehead atoms. The molecule has 1 aliphatic carbocycles. The molecule has 2 aliphatic heterocycles. The van der Waals surface area contributed by atoms with E-state index in [2.05, 4.69) is 20.9 Å². The summed E-state index contributed by atoms with van der Waals surface area (Å²) in [6, 6.07) is 10.6. The minimum Gasteiger partial charge on any atom is -0.384 e. The second-order valence-electron chi connectivity index (χ2n) is 14.7. The zero-order chi connectivity index (χ0) is 36.3. The first-order valence-electron chi connectivity index (χ1n) is 17.8. The van der Waals surface area contributed by atoms with E-state index in [-0.39, 0.29) is 31.7 Å². The van der Waals surface area contributed by atoms with Crippen LogP contribution in [0.5, 0.6) is 0 Å². The van der Waals surface area contributed by atoms with Crippen LogP contribution in [0.15, 0.2) is 48.7 Å². The first-order valence-corrected chi connectivity index (χ1v) is 19.0. The molecule has 3 aromatic rings. The Morgan fingerprint density at radius 3 is 2.43 bits per heavy atom. The highest BCUT2D eigenvalue weighted by Gasteiger charge is 2.49. The second kappa shape index (κ2) is 15.1. The number of Topliss-reactive ketones (excluding diaryl/α,β-unsaturated/α-hetero) is 1. The summed E-state index contributed by atoms with van der Waals surface area (Å²) in [6.45, 7) is 3.25. The predicted octanol–water partition coefficient (Wildman–Crippen LogP) is 3.01. The quantitative estimate of drug-likeness (QED) is 0.216. The zero-order valence-corrected chi connectivity index (χ0v) is 30.0. The van der Waals surface area contributed by atoms with Crippen molar-refractivity contribution in [2.75, 3.05) is 18.1 Å². The van der Waals surface area contributed by atoms with Gasteiger partial charge in [-0.25, -0.2) is 4.68 Å². The lowest BCUT2D eigenvalue weighted by Crippen LogP contribution is -2.63. The highest BCUT2D eigenvalue weighted by Crippen LogP contribution is 2.35. The van der Waals surface area contributed by atoms with E-state index in [4.69, 9.17) is 5.73 Å². The van der Waals surface area contributed by atoms with Crippen molar-refractivity contribution in [2.24, 2.45) is 11.7 Å². The third-order valence-corrected chi connectivity index (χ3v) is 11.7. The maximum atomic E-state index is 14.8. The second-order valence-corrected chi connectivity index (χ2v) is 15.9. The summed E-state index contributed by atoms with van der Waals surface area (Å²) in [5.41, 5.74) is 3.51. The third kappa shape index (κ3) is 7.96. The molecule has 1 aromatic heterocycles. The number of aromatic nitrogens is 3. The van der Waals surface area contributed by atoms with Crippen LogP contribution in [0.4, 0.5) is 0 Å². The molecule has 51 heavy (non-hydrogen) atoms. The first kappa shape index (κ1) is 36.5. The molecule has 3 aliphatic rings. The van der Waals surface area contributed by atoms with Gasteiger partial charge in [0.25, 0.3) is 11.8 Å². The molecule has 0 radical (unpaired) electrons. The number of rotatable bonds is 11. The van der Waals surface area contributed by atoms with Crippen LogP contribution < -0.4 is 16.4 Å². The minimum absolute atomic E-state index is 0.0446. The Balaban J connectivity index is 1.33. The van der Waals surface area contributed by atoms with Crippen LogP contribution in [0.1, 0.15) is 93.7 Å². The number of hydrogen-bond acceptors (Lipinski definition) is 9. The molecule has 2 aromatic carbocycles. The molecule has 6 rings (SSSR count). The van der Waals surface area contributed by atoms with Gasteiger partial charge in [-0.2, -0.15) is 11.8 Å². The molecule has 4 amide bonds. The van der Waals surface area contributed by atoms with Gasteiger partial charge in [0.2, 0.25) is 17.6 Å². The van der Waals surface area contributed by atoms with Crippen molar-refractivity contribution in [1.82, 2.24) is 30.5 Å². The Kier molecular flexibility index (Phi) is 10.8. The van der Waals surface area contributed by atoms with Crippen LogP contribution in [-0.4, -0.2) is 90.1 Å². The van der Waals surface area contributed by atoms with E-state index in [1.165, 1.54) is 11.1 Å². The van der Waals surface area contributed by atoms with Gasteiger partial charge in [0, 0.05) is 18.5 Å². The van der Waals surface area contributed by atoms with Gasteiger partial charge in [0.05, 0.1) is 17.9 Å². The standard InChI is InChI=1S/C37H47N7O6S/c1-36(2,50)30-21-39-42-44(30)27-20-29(34(48)41-37(31(45)32(38)46)14-16-51-17-15-37)43(22-27)35(49)28(18-23-8-4-3-5-9-23)40-33(47)26-13-12-24-10-6-7-11-25(24)19-26/h6-7,10-13,19,21,23,27-29,50H,3-5,8-9,14-18,20,22H2,1-2H3,(H2,38,46)(H,40,47)(H,41,48)/t27-,28+,29-/m0/s1. The van der Waals surface area contributed by atoms with Gasteiger partial charge in [-0.1, -0.05) is 67.6 Å². The van der Waals surface area contributed by atoms with Crippen LogP contribution in [0.3, 0.4) is 0 Å². The third-order valence-electron chi connectivity index (χ3n) is 10.7. The summed E-state index contributed by atoms with van der Waals surface area (Å²) < 4.78 is 1.54. The molecule has 0 unspecified atom stereocenters. The number of hydrogen-bond donors (Lipinski definition) is 4. The van der Waals surface area contributed by atoms with Crippen molar-refractivity contribution in [1.29, 1.82) is 0 Å². The van der Waals surface area contributed by atoms with E-state index in [0.29, 0.717) is 29.2 Å². The normalized spacial score (nSPS) is 21.6. The van der Waals surface area contributed by atoms with E-state index in [1.807, 2.05) is 30.3 Å². The van der Waals surface area contributed by atoms with Crippen LogP contribution in [0.25, 0.3) is 10.8 Å². The van der Waals surface area contributed by atoms with Crippen molar-refractivity contribution in [3.05, 3.63) is 59.9 Å². The Labute approximate surface area is 301 Å². The Morgan fingerprint density at radius 1 is 1.04 bits per heavy atom. The summed E-state index contributed by atoms with van der Waals surface area (Å²) in [5, 5.41) is 26.9. The zero-order valence-electron chi connectivity index (χ0n) is 29.2. The number of benzene rings is 2. The summed E-state index contributed by atoms with van der Waals surface area (Å²) in [7, 11) is 0. The summed E-state index contributed by atoms with van der Waals surface area (Å²) >= 11 is 1.62. The van der Waals surface area contributed by atoms with Crippen molar-refractivity contribution >= 4 is 51.9 Å². The minimum atomic E-state index is -1.47. The van der Waals surface area contributed by atoms with Crippen molar-refractivity contribution in [3.8, 4) is 0 Å².